The van der Waals surface area contributed by atoms with Gasteiger partial charge < -0.3 is 4.90 Å². The summed E-state index contributed by atoms with van der Waals surface area (Å²) in [6, 6.07) is 0. The van der Waals surface area contributed by atoms with Gasteiger partial charge in [0.05, 0.1) is 12.4 Å². The van der Waals surface area contributed by atoms with Gasteiger partial charge in [0, 0.05) is 31.4 Å². The highest BCUT2D eigenvalue weighted by Gasteiger charge is 2.24. The summed E-state index contributed by atoms with van der Waals surface area (Å²) in [5.74, 6) is 1.08. The normalized spacial score (nSPS) is 21.6. The standard InChI is InChI=1S/C10H14FN3/c1-8-10(13-4-3-12-8)14-5-2-9(6-11)7-14/h3-4,9H,2,5-7H2,1H3/t9-/m0/s1. The quantitative estimate of drug-likeness (QED) is 0.717. The lowest BCUT2D eigenvalue weighted by atomic mass is 10.1. The van der Waals surface area contributed by atoms with Crippen LogP contribution in [0.2, 0.25) is 0 Å². The molecule has 1 aliphatic rings. The Bertz CT molecular complexity index is 316. The maximum absolute atomic E-state index is 12.4. The lowest BCUT2D eigenvalue weighted by Crippen LogP contribution is -2.22. The van der Waals surface area contributed by atoms with Crippen LogP contribution in [0.25, 0.3) is 0 Å². The number of alkyl halides is 1. The fourth-order valence-corrected chi connectivity index (χ4v) is 1.86. The van der Waals surface area contributed by atoms with Crippen LogP contribution in [0, 0.1) is 12.8 Å². The van der Waals surface area contributed by atoms with Crippen molar-refractivity contribution in [1.29, 1.82) is 0 Å². The summed E-state index contributed by atoms with van der Waals surface area (Å²) in [5.41, 5.74) is 0.923. The van der Waals surface area contributed by atoms with Gasteiger partial charge in [0.1, 0.15) is 5.82 Å². The minimum absolute atomic E-state index is 0.177. The third-order valence-corrected chi connectivity index (χ3v) is 2.66. The number of rotatable bonds is 2. The average Bonchev–Trinajstić information content (AvgIpc) is 2.67. The van der Waals surface area contributed by atoms with E-state index in [2.05, 4.69) is 14.9 Å². The molecule has 2 heterocycles. The Labute approximate surface area is 83.0 Å². The van der Waals surface area contributed by atoms with E-state index in [1.807, 2.05) is 6.92 Å². The molecule has 3 nitrogen and oxygen atoms in total. The lowest BCUT2D eigenvalue weighted by Gasteiger charge is -2.17. The summed E-state index contributed by atoms with van der Waals surface area (Å²) in [6.45, 7) is 3.38. The molecular formula is C10H14FN3. The van der Waals surface area contributed by atoms with E-state index in [0.29, 0.717) is 0 Å². The summed E-state index contributed by atoms with van der Waals surface area (Å²) >= 11 is 0. The van der Waals surface area contributed by atoms with Gasteiger partial charge in [-0.05, 0) is 13.3 Å². The predicted molar refractivity (Wildman–Crippen MR) is 53.1 cm³/mol. The van der Waals surface area contributed by atoms with Crippen LogP contribution in [0.15, 0.2) is 12.4 Å². The highest BCUT2D eigenvalue weighted by molar-refractivity contribution is 5.43. The van der Waals surface area contributed by atoms with Crippen molar-refractivity contribution in [2.24, 2.45) is 5.92 Å². The topological polar surface area (TPSA) is 29.0 Å². The second-order valence-corrected chi connectivity index (χ2v) is 3.72. The molecule has 4 heteroatoms. The SMILES string of the molecule is Cc1nccnc1N1CC[C@@H](CF)C1. The van der Waals surface area contributed by atoms with Crippen LogP contribution >= 0.6 is 0 Å². The third kappa shape index (κ3) is 1.69. The number of hydrogen-bond acceptors (Lipinski definition) is 3. The molecule has 0 N–H and O–H groups in total. The van der Waals surface area contributed by atoms with E-state index in [0.717, 1.165) is 31.0 Å². The van der Waals surface area contributed by atoms with Crippen LogP contribution in [-0.2, 0) is 0 Å². The zero-order chi connectivity index (χ0) is 9.97. The van der Waals surface area contributed by atoms with E-state index < -0.39 is 0 Å². The van der Waals surface area contributed by atoms with Gasteiger partial charge in [-0.1, -0.05) is 0 Å². The maximum Gasteiger partial charge on any atom is 0.150 e. The van der Waals surface area contributed by atoms with Gasteiger partial charge in [0.25, 0.3) is 0 Å². The van der Waals surface area contributed by atoms with E-state index in [-0.39, 0.29) is 12.6 Å². The van der Waals surface area contributed by atoms with Crippen LogP contribution in [0.1, 0.15) is 12.1 Å². The number of aryl methyl sites for hydroxylation is 1. The molecule has 0 aliphatic carbocycles. The van der Waals surface area contributed by atoms with Gasteiger partial charge in [-0.2, -0.15) is 0 Å². The summed E-state index contributed by atoms with van der Waals surface area (Å²) in [5, 5.41) is 0. The van der Waals surface area contributed by atoms with Crippen LogP contribution < -0.4 is 4.90 Å². The number of halogens is 1. The first-order valence-corrected chi connectivity index (χ1v) is 4.90. The summed E-state index contributed by atoms with van der Waals surface area (Å²) in [6.07, 6.45) is 4.29. The van der Waals surface area contributed by atoms with Crippen molar-refractivity contribution in [2.75, 3.05) is 24.7 Å². The minimum Gasteiger partial charge on any atom is -0.355 e. The molecule has 1 aromatic heterocycles. The highest BCUT2D eigenvalue weighted by atomic mass is 19.1. The molecule has 1 atom stereocenters. The molecule has 0 amide bonds. The molecule has 0 aromatic carbocycles. The van der Waals surface area contributed by atoms with Gasteiger partial charge >= 0.3 is 0 Å². The number of aromatic nitrogens is 2. The van der Waals surface area contributed by atoms with Crippen molar-refractivity contribution in [3.63, 3.8) is 0 Å². The van der Waals surface area contributed by atoms with E-state index in [1.54, 1.807) is 12.4 Å². The van der Waals surface area contributed by atoms with Crippen molar-refractivity contribution in [2.45, 2.75) is 13.3 Å². The van der Waals surface area contributed by atoms with Crippen molar-refractivity contribution < 1.29 is 4.39 Å². The molecule has 1 aromatic rings. The zero-order valence-electron chi connectivity index (χ0n) is 8.28. The van der Waals surface area contributed by atoms with Gasteiger partial charge in [0.15, 0.2) is 0 Å². The average molecular weight is 195 g/mol. The van der Waals surface area contributed by atoms with Crippen LogP contribution in [-0.4, -0.2) is 29.7 Å². The Morgan fingerprint density at radius 3 is 2.93 bits per heavy atom. The van der Waals surface area contributed by atoms with Gasteiger partial charge in [-0.3, -0.25) is 9.37 Å². The van der Waals surface area contributed by atoms with Crippen LogP contribution in [0.5, 0.6) is 0 Å². The fraction of sp³-hybridized carbons (Fsp3) is 0.600. The molecule has 0 saturated carbocycles. The maximum atomic E-state index is 12.4. The Balaban J connectivity index is 2.13. The molecule has 0 unspecified atom stereocenters. The monoisotopic (exact) mass is 195 g/mol. The number of nitrogens with zero attached hydrogens (tertiary/aromatic N) is 3. The molecular weight excluding hydrogens is 181 g/mol. The van der Waals surface area contributed by atoms with Crippen molar-refractivity contribution >= 4 is 5.82 Å². The highest BCUT2D eigenvalue weighted by Crippen LogP contribution is 2.23. The van der Waals surface area contributed by atoms with Crippen molar-refractivity contribution in [3.05, 3.63) is 18.1 Å². The van der Waals surface area contributed by atoms with Gasteiger partial charge in [-0.25, -0.2) is 4.98 Å². The molecule has 1 aliphatic heterocycles. The fourth-order valence-electron chi connectivity index (χ4n) is 1.86. The third-order valence-electron chi connectivity index (χ3n) is 2.66. The molecule has 0 bridgehead atoms. The molecule has 2 rings (SSSR count). The van der Waals surface area contributed by atoms with E-state index in [1.165, 1.54) is 0 Å². The first-order chi connectivity index (χ1) is 6.81. The van der Waals surface area contributed by atoms with Gasteiger partial charge in [-0.15, -0.1) is 0 Å². The number of hydrogen-bond donors (Lipinski definition) is 0. The Morgan fingerprint density at radius 2 is 2.29 bits per heavy atom. The molecule has 0 radical (unpaired) electrons. The zero-order valence-corrected chi connectivity index (χ0v) is 8.28. The molecule has 1 fully saturated rings. The Morgan fingerprint density at radius 1 is 1.50 bits per heavy atom. The minimum atomic E-state index is -0.226. The first-order valence-electron chi connectivity index (χ1n) is 4.90. The molecule has 0 spiro atoms. The van der Waals surface area contributed by atoms with Gasteiger partial charge in [0.2, 0.25) is 0 Å². The molecule has 76 valence electrons. The summed E-state index contributed by atoms with van der Waals surface area (Å²) in [4.78, 5) is 10.6. The largest absolute Gasteiger partial charge is 0.355 e. The first kappa shape index (κ1) is 9.37. The molecule has 1 saturated heterocycles. The van der Waals surface area contributed by atoms with E-state index in [9.17, 15) is 4.39 Å². The van der Waals surface area contributed by atoms with Crippen molar-refractivity contribution in [1.82, 2.24) is 9.97 Å². The smallest absolute Gasteiger partial charge is 0.150 e. The second-order valence-electron chi connectivity index (χ2n) is 3.72. The Kier molecular flexibility index (Phi) is 2.61. The van der Waals surface area contributed by atoms with Crippen LogP contribution in [0.3, 0.4) is 0 Å². The summed E-state index contributed by atoms with van der Waals surface area (Å²) in [7, 11) is 0. The number of anilines is 1. The van der Waals surface area contributed by atoms with E-state index in [4.69, 9.17) is 0 Å². The predicted octanol–water partition coefficient (Wildman–Crippen LogP) is 1.58. The molecule has 14 heavy (non-hydrogen) atoms. The second kappa shape index (κ2) is 3.90. The Hall–Kier alpha value is -1.19. The van der Waals surface area contributed by atoms with Crippen LogP contribution in [0.4, 0.5) is 10.2 Å². The van der Waals surface area contributed by atoms with E-state index >= 15 is 0 Å². The summed E-state index contributed by atoms with van der Waals surface area (Å²) < 4.78 is 12.4. The lowest BCUT2D eigenvalue weighted by molar-refractivity contribution is 0.384. The van der Waals surface area contributed by atoms with Crippen molar-refractivity contribution in [3.8, 4) is 0 Å².